The van der Waals surface area contributed by atoms with Crippen molar-refractivity contribution < 1.29 is 29.1 Å². The minimum atomic E-state index is -1.26. The van der Waals surface area contributed by atoms with E-state index >= 15 is 0 Å². The number of carbonyl (C=O) groups excluding carboxylic acids is 4. The number of hydrogen-bond donors (Lipinski definition) is 9. The average molecular weight is 505 g/mol. The van der Waals surface area contributed by atoms with Crippen LogP contribution in [0.4, 0.5) is 0 Å². The Kier molecular flexibility index (Phi) is 14.3. The largest absolute Gasteiger partial charge is 0.480 e. The Bertz CT molecular complexity index is 759. The van der Waals surface area contributed by atoms with Gasteiger partial charge in [-0.05, 0) is 25.2 Å². The Balaban J connectivity index is 5.37. The molecule has 0 spiro atoms. The molecule has 4 amide bonds. The van der Waals surface area contributed by atoms with Gasteiger partial charge in [0.25, 0.3) is 0 Å². The fraction of sp³-hybridized carbons (Fsp3) is 0.684. The molecule has 12 N–H and O–H groups in total. The van der Waals surface area contributed by atoms with Crippen molar-refractivity contribution in [2.75, 3.05) is 12.3 Å². The third kappa shape index (κ3) is 12.2. The second-order valence-corrected chi connectivity index (χ2v) is 8.30. The summed E-state index contributed by atoms with van der Waals surface area (Å²) < 4.78 is 0. The van der Waals surface area contributed by atoms with E-state index in [9.17, 15) is 29.1 Å². The average Bonchev–Trinajstić information content (AvgIpc) is 2.74. The standard InChI is InChI=1S/C19H36N8O6S/c1-9(2)14(17(31)26-12(18(32)33)4-3-7-24-19(22)23)27-16(30)11(5-6-13(21)28)25-15(29)10(20)8-34/h9-12,14,34H,3-8,20H2,1-2H3,(H2,21,28)(H,25,29)(H,26,31)(H,27,30)(H,32,33)(H4,22,23,24). The van der Waals surface area contributed by atoms with Crippen LogP contribution in [-0.4, -0.2) is 77.1 Å². The second kappa shape index (κ2) is 15.7. The molecule has 0 aromatic rings. The zero-order valence-corrected chi connectivity index (χ0v) is 20.2. The van der Waals surface area contributed by atoms with Crippen LogP contribution in [0.5, 0.6) is 0 Å². The maximum Gasteiger partial charge on any atom is 0.326 e. The lowest BCUT2D eigenvalue weighted by atomic mass is 10.0. The first-order valence-corrected chi connectivity index (χ1v) is 11.3. The molecule has 14 nitrogen and oxygen atoms in total. The molecule has 0 aromatic heterocycles. The number of aliphatic carboxylic acids is 1. The van der Waals surface area contributed by atoms with E-state index < -0.39 is 59.7 Å². The number of guanidine groups is 1. The van der Waals surface area contributed by atoms with E-state index in [1.54, 1.807) is 13.8 Å². The number of carboxylic acid groups (broad SMARTS) is 1. The molecule has 0 saturated heterocycles. The zero-order chi connectivity index (χ0) is 26.4. The summed E-state index contributed by atoms with van der Waals surface area (Å²) in [6, 6.07) is -4.56. The van der Waals surface area contributed by atoms with Gasteiger partial charge in [0, 0.05) is 18.7 Å². The van der Waals surface area contributed by atoms with Crippen molar-refractivity contribution in [1.82, 2.24) is 16.0 Å². The smallest absolute Gasteiger partial charge is 0.326 e. The van der Waals surface area contributed by atoms with Gasteiger partial charge in [0.2, 0.25) is 23.6 Å². The molecule has 0 aliphatic rings. The first-order valence-electron chi connectivity index (χ1n) is 10.6. The number of carboxylic acids is 1. The SMILES string of the molecule is CC(C)C(NC(=O)C(CCC(N)=O)NC(=O)C(N)CS)C(=O)NC(CCCN=C(N)N)C(=O)O. The van der Waals surface area contributed by atoms with Crippen LogP contribution in [0.1, 0.15) is 39.5 Å². The Morgan fingerprint density at radius 3 is 1.97 bits per heavy atom. The van der Waals surface area contributed by atoms with E-state index in [0.717, 1.165) is 0 Å². The van der Waals surface area contributed by atoms with Gasteiger partial charge >= 0.3 is 5.97 Å². The Hall–Kier alpha value is -3.07. The van der Waals surface area contributed by atoms with Crippen molar-refractivity contribution in [1.29, 1.82) is 0 Å². The molecule has 0 heterocycles. The van der Waals surface area contributed by atoms with Crippen molar-refractivity contribution in [3.8, 4) is 0 Å². The van der Waals surface area contributed by atoms with Crippen molar-refractivity contribution in [3.63, 3.8) is 0 Å². The molecule has 0 saturated carbocycles. The van der Waals surface area contributed by atoms with E-state index in [-0.39, 0.29) is 37.5 Å². The highest BCUT2D eigenvalue weighted by Gasteiger charge is 2.31. The molecule has 0 aliphatic heterocycles. The van der Waals surface area contributed by atoms with E-state index in [1.165, 1.54) is 0 Å². The van der Waals surface area contributed by atoms with E-state index in [0.29, 0.717) is 6.42 Å². The van der Waals surface area contributed by atoms with Gasteiger partial charge in [-0.2, -0.15) is 12.6 Å². The van der Waals surface area contributed by atoms with Gasteiger partial charge in [-0.3, -0.25) is 24.2 Å². The van der Waals surface area contributed by atoms with Crippen molar-refractivity contribution in [3.05, 3.63) is 0 Å². The number of hydrogen-bond acceptors (Lipinski definition) is 8. The van der Waals surface area contributed by atoms with Crippen LogP contribution in [-0.2, 0) is 24.0 Å². The number of nitrogens with two attached hydrogens (primary N) is 4. The quantitative estimate of drug-likeness (QED) is 0.0442. The summed E-state index contributed by atoms with van der Waals surface area (Å²) in [7, 11) is 0. The summed E-state index contributed by atoms with van der Waals surface area (Å²) in [5.41, 5.74) is 21.2. The molecule has 0 rings (SSSR count). The molecule has 4 atom stereocenters. The molecule has 4 unspecified atom stereocenters. The molecule has 0 aliphatic carbocycles. The maximum absolute atomic E-state index is 12.8. The summed E-state index contributed by atoms with van der Waals surface area (Å²) in [6.07, 6.45) is 0.0150. The van der Waals surface area contributed by atoms with Gasteiger partial charge in [-0.1, -0.05) is 13.8 Å². The Labute approximate surface area is 203 Å². The number of amides is 4. The first-order chi connectivity index (χ1) is 15.8. The molecule has 0 radical (unpaired) electrons. The van der Waals surface area contributed by atoms with Gasteiger partial charge in [0.1, 0.15) is 18.1 Å². The Morgan fingerprint density at radius 2 is 1.50 bits per heavy atom. The first kappa shape index (κ1) is 30.9. The highest BCUT2D eigenvalue weighted by Crippen LogP contribution is 2.07. The number of nitrogens with zero attached hydrogens (tertiary/aromatic N) is 1. The maximum atomic E-state index is 12.8. The number of nitrogens with one attached hydrogen (secondary N) is 3. The zero-order valence-electron chi connectivity index (χ0n) is 19.3. The summed E-state index contributed by atoms with van der Waals surface area (Å²) in [6.45, 7) is 3.47. The Morgan fingerprint density at radius 1 is 0.912 bits per heavy atom. The lowest BCUT2D eigenvalue weighted by Gasteiger charge is -2.27. The van der Waals surface area contributed by atoms with Crippen LogP contribution in [0.2, 0.25) is 0 Å². The molecular weight excluding hydrogens is 468 g/mol. The van der Waals surface area contributed by atoms with Crippen molar-refractivity contribution in [2.24, 2.45) is 33.8 Å². The summed E-state index contributed by atoms with van der Waals surface area (Å²) in [4.78, 5) is 64.2. The molecule has 34 heavy (non-hydrogen) atoms. The minimum absolute atomic E-state index is 0.0206. The summed E-state index contributed by atoms with van der Waals surface area (Å²) in [5, 5.41) is 16.7. The van der Waals surface area contributed by atoms with Gasteiger partial charge in [0.15, 0.2) is 5.96 Å². The van der Waals surface area contributed by atoms with E-state index in [1.807, 2.05) is 0 Å². The fourth-order valence-corrected chi connectivity index (χ4v) is 2.89. The van der Waals surface area contributed by atoms with E-state index in [4.69, 9.17) is 22.9 Å². The summed E-state index contributed by atoms with van der Waals surface area (Å²) in [5.74, 6) is -4.66. The fourth-order valence-electron chi connectivity index (χ4n) is 2.73. The van der Waals surface area contributed by atoms with Crippen LogP contribution >= 0.6 is 12.6 Å². The highest BCUT2D eigenvalue weighted by molar-refractivity contribution is 7.80. The number of rotatable bonds is 16. The summed E-state index contributed by atoms with van der Waals surface area (Å²) >= 11 is 3.93. The molecule has 15 heteroatoms. The van der Waals surface area contributed by atoms with Gasteiger partial charge in [0.05, 0.1) is 6.04 Å². The number of aliphatic imine (C=N–C) groups is 1. The molecule has 0 aromatic carbocycles. The highest BCUT2D eigenvalue weighted by atomic mass is 32.1. The third-order valence-electron chi connectivity index (χ3n) is 4.65. The van der Waals surface area contributed by atoms with Crippen LogP contribution < -0.4 is 38.9 Å². The molecule has 194 valence electrons. The van der Waals surface area contributed by atoms with Crippen molar-refractivity contribution >= 4 is 48.2 Å². The van der Waals surface area contributed by atoms with Gasteiger partial charge in [-0.25, -0.2) is 4.79 Å². The van der Waals surface area contributed by atoms with Crippen LogP contribution in [0.25, 0.3) is 0 Å². The lowest BCUT2D eigenvalue weighted by molar-refractivity contribution is -0.142. The third-order valence-corrected chi connectivity index (χ3v) is 5.05. The van der Waals surface area contributed by atoms with Crippen molar-refractivity contribution in [2.45, 2.75) is 63.7 Å². The van der Waals surface area contributed by atoms with Crippen LogP contribution in [0.15, 0.2) is 4.99 Å². The van der Waals surface area contributed by atoms with Gasteiger partial charge < -0.3 is 44.0 Å². The second-order valence-electron chi connectivity index (χ2n) is 7.93. The molecular formula is C19H36N8O6S. The number of carbonyl (C=O) groups is 5. The van der Waals surface area contributed by atoms with E-state index in [2.05, 4.69) is 33.6 Å². The molecule has 0 bridgehead atoms. The van der Waals surface area contributed by atoms with Crippen LogP contribution in [0.3, 0.4) is 0 Å². The predicted molar refractivity (Wildman–Crippen MR) is 128 cm³/mol. The number of thiol groups is 1. The normalized spacial score (nSPS) is 14.3. The monoisotopic (exact) mass is 504 g/mol. The topological polar surface area (TPSA) is 258 Å². The van der Waals surface area contributed by atoms with Crippen LogP contribution in [0, 0.1) is 5.92 Å². The lowest BCUT2D eigenvalue weighted by Crippen LogP contribution is -2.58. The van der Waals surface area contributed by atoms with Gasteiger partial charge in [-0.15, -0.1) is 0 Å². The predicted octanol–water partition coefficient (Wildman–Crippen LogP) is -3.24. The minimum Gasteiger partial charge on any atom is -0.480 e. The molecule has 0 fully saturated rings. The number of primary amides is 1.